The van der Waals surface area contributed by atoms with Crippen LogP contribution in [0.15, 0.2) is 12.1 Å². The summed E-state index contributed by atoms with van der Waals surface area (Å²) in [4.78, 5) is 0. The number of nitrogens with one attached hydrogen (secondary N) is 1. The predicted molar refractivity (Wildman–Crippen MR) is 67.1 cm³/mol. The van der Waals surface area contributed by atoms with Crippen molar-refractivity contribution >= 4 is 0 Å². The molecule has 1 atom stereocenters. The first-order valence-corrected chi connectivity index (χ1v) is 6.11. The monoisotopic (exact) mass is 219 g/mol. The van der Waals surface area contributed by atoms with Gasteiger partial charge in [-0.25, -0.2) is 0 Å². The van der Waals surface area contributed by atoms with Crippen molar-refractivity contribution in [3.63, 3.8) is 0 Å². The average molecular weight is 219 g/mol. The molecule has 88 valence electrons. The van der Waals surface area contributed by atoms with Crippen LogP contribution in [0.4, 0.5) is 0 Å². The number of rotatable bonds is 2. The number of piperidine rings is 1. The van der Waals surface area contributed by atoms with Crippen molar-refractivity contribution in [1.29, 1.82) is 0 Å². The first kappa shape index (κ1) is 11.5. The van der Waals surface area contributed by atoms with Gasteiger partial charge in [-0.15, -0.1) is 0 Å². The molecule has 0 saturated carbocycles. The minimum absolute atomic E-state index is 0.540. The van der Waals surface area contributed by atoms with Crippen LogP contribution in [0.3, 0.4) is 0 Å². The van der Waals surface area contributed by atoms with Crippen LogP contribution in [0, 0.1) is 13.8 Å². The summed E-state index contributed by atoms with van der Waals surface area (Å²) in [6.07, 6.45) is 3.90. The Bertz CT molecular complexity index is 367. The highest BCUT2D eigenvalue weighted by Crippen LogP contribution is 2.31. The minimum Gasteiger partial charge on any atom is -0.496 e. The van der Waals surface area contributed by atoms with E-state index in [9.17, 15) is 0 Å². The van der Waals surface area contributed by atoms with E-state index in [0.29, 0.717) is 6.04 Å². The molecule has 1 aromatic rings. The van der Waals surface area contributed by atoms with Crippen LogP contribution in [0.5, 0.6) is 5.75 Å². The second-order valence-corrected chi connectivity index (χ2v) is 4.61. The van der Waals surface area contributed by atoms with E-state index in [4.69, 9.17) is 4.74 Å². The van der Waals surface area contributed by atoms with E-state index in [1.807, 2.05) is 0 Å². The molecule has 1 aliphatic heterocycles. The third-order valence-electron chi connectivity index (χ3n) is 3.69. The maximum absolute atomic E-state index is 5.35. The number of methoxy groups -OCH3 is 1. The molecule has 0 radical (unpaired) electrons. The van der Waals surface area contributed by atoms with Gasteiger partial charge in [0.2, 0.25) is 0 Å². The van der Waals surface area contributed by atoms with E-state index in [0.717, 1.165) is 12.3 Å². The van der Waals surface area contributed by atoms with Crippen molar-refractivity contribution in [3.8, 4) is 5.75 Å². The molecule has 2 rings (SSSR count). The summed E-state index contributed by atoms with van der Waals surface area (Å²) in [6, 6.07) is 4.84. The van der Waals surface area contributed by atoms with Gasteiger partial charge in [0.25, 0.3) is 0 Å². The fourth-order valence-electron chi connectivity index (χ4n) is 2.53. The molecule has 0 aliphatic carbocycles. The Morgan fingerprint density at radius 1 is 1.19 bits per heavy atom. The number of hydrogen-bond acceptors (Lipinski definition) is 2. The first-order chi connectivity index (χ1) is 7.74. The van der Waals surface area contributed by atoms with Crippen molar-refractivity contribution in [3.05, 3.63) is 28.8 Å². The molecular weight excluding hydrogens is 198 g/mol. The topological polar surface area (TPSA) is 21.3 Å². The second kappa shape index (κ2) is 4.88. The molecule has 1 heterocycles. The Morgan fingerprint density at radius 2 is 2.00 bits per heavy atom. The van der Waals surface area contributed by atoms with Crippen LogP contribution in [-0.4, -0.2) is 13.7 Å². The molecule has 0 spiro atoms. The Hall–Kier alpha value is -1.02. The third kappa shape index (κ3) is 2.07. The molecule has 1 fully saturated rings. The van der Waals surface area contributed by atoms with Gasteiger partial charge in [0.15, 0.2) is 0 Å². The summed E-state index contributed by atoms with van der Waals surface area (Å²) in [6.45, 7) is 5.49. The summed E-state index contributed by atoms with van der Waals surface area (Å²) < 4.78 is 5.35. The lowest BCUT2D eigenvalue weighted by molar-refractivity contribution is 0.402. The zero-order valence-electron chi connectivity index (χ0n) is 10.5. The van der Waals surface area contributed by atoms with Gasteiger partial charge in [0.05, 0.1) is 7.11 Å². The standard InChI is InChI=1S/C14H21NO/c1-10-11(2)14(16-3)8-7-12(10)13-6-4-5-9-15-13/h7-8,13,15H,4-6,9H2,1-3H3. The van der Waals surface area contributed by atoms with E-state index in [-0.39, 0.29) is 0 Å². The molecule has 0 aromatic heterocycles. The van der Waals surface area contributed by atoms with Crippen LogP contribution < -0.4 is 10.1 Å². The number of ether oxygens (including phenoxy) is 1. The Balaban J connectivity index is 2.30. The van der Waals surface area contributed by atoms with Crippen molar-refractivity contribution in [1.82, 2.24) is 5.32 Å². The lowest BCUT2D eigenvalue weighted by Crippen LogP contribution is -2.27. The molecular formula is C14H21NO. The highest BCUT2D eigenvalue weighted by atomic mass is 16.5. The van der Waals surface area contributed by atoms with E-state index in [1.165, 1.54) is 36.0 Å². The van der Waals surface area contributed by atoms with Crippen LogP contribution in [-0.2, 0) is 0 Å². The Labute approximate surface area is 98.0 Å². The van der Waals surface area contributed by atoms with E-state index in [1.54, 1.807) is 7.11 Å². The largest absolute Gasteiger partial charge is 0.496 e. The molecule has 0 bridgehead atoms. The third-order valence-corrected chi connectivity index (χ3v) is 3.69. The summed E-state index contributed by atoms with van der Waals surface area (Å²) in [5.74, 6) is 0.997. The second-order valence-electron chi connectivity index (χ2n) is 4.61. The molecule has 0 amide bonds. The van der Waals surface area contributed by atoms with Crippen LogP contribution in [0.25, 0.3) is 0 Å². The summed E-state index contributed by atoms with van der Waals surface area (Å²) >= 11 is 0. The molecule has 1 N–H and O–H groups in total. The quantitative estimate of drug-likeness (QED) is 0.825. The van der Waals surface area contributed by atoms with Crippen LogP contribution >= 0.6 is 0 Å². The highest BCUT2D eigenvalue weighted by Gasteiger charge is 2.18. The molecule has 1 aliphatic rings. The van der Waals surface area contributed by atoms with E-state index in [2.05, 4.69) is 31.3 Å². The molecule has 1 aromatic carbocycles. The van der Waals surface area contributed by atoms with E-state index < -0.39 is 0 Å². The lowest BCUT2D eigenvalue weighted by atomic mass is 9.92. The molecule has 1 unspecified atom stereocenters. The SMILES string of the molecule is COc1ccc(C2CCCCN2)c(C)c1C. The lowest BCUT2D eigenvalue weighted by Gasteiger charge is -2.26. The predicted octanol–water partition coefficient (Wildman–Crippen LogP) is 3.13. The fraction of sp³-hybridized carbons (Fsp3) is 0.571. The highest BCUT2D eigenvalue weighted by molar-refractivity contribution is 5.44. The van der Waals surface area contributed by atoms with Gasteiger partial charge in [-0.05, 0) is 56.0 Å². The van der Waals surface area contributed by atoms with Gasteiger partial charge in [0.1, 0.15) is 5.75 Å². The van der Waals surface area contributed by atoms with Gasteiger partial charge in [-0.2, -0.15) is 0 Å². The molecule has 16 heavy (non-hydrogen) atoms. The number of hydrogen-bond donors (Lipinski definition) is 1. The number of benzene rings is 1. The van der Waals surface area contributed by atoms with Gasteiger partial charge in [0, 0.05) is 6.04 Å². The van der Waals surface area contributed by atoms with Crippen molar-refractivity contribution in [2.75, 3.05) is 13.7 Å². The van der Waals surface area contributed by atoms with Crippen molar-refractivity contribution in [2.45, 2.75) is 39.2 Å². The minimum atomic E-state index is 0.540. The summed E-state index contributed by atoms with van der Waals surface area (Å²) in [5.41, 5.74) is 4.09. The Kier molecular flexibility index (Phi) is 3.49. The zero-order chi connectivity index (χ0) is 11.5. The smallest absolute Gasteiger partial charge is 0.122 e. The zero-order valence-corrected chi connectivity index (χ0v) is 10.5. The van der Waals surface area contributed by atoms with Gasteiger partial charge in [-0.1, -0.05) is 12.5 Å². The summed E-state index contributed by atoms with van der Waals surface area (Å²) in [5, 5.41) is 3.60. The van der Waals surface area contributed by atoms with Crippen LogP contribution in [0.2, 0.25) is 0 Å². The van der Waals surface area contributed by atoms with Gasteiger partial charge in [-0.3, -0.25) is 0 Å². The first-order valence-electron chi connectivity index (χ1n) is 6.11. The normalized spacial score (nSPS) is 20.8. The maximum Gasteiger partial charge on any atom is 0.122 e. The summed E-state index contributed by atoms with van der Waals surface area (Å²) in [7, 11) is 1.74. The van der Waals surface area contributed by atoms with E-state index >= 15 is 0 Å². The molecule has 2 heteroatoms. The average Bonchev–Trinajstić information content (AvgIpc) is 2.34. The van der Waals surface area contributed by atoms with Crippen molar-refractivity contribution < 1.29 is 4.74 Å². The molecule has 1 saturated heterocycles. The molecule has 2 nitrogen and oxygen atoms in total. The fourth-order valence-corrected chi connectivity index (χ4v) is 2.53. The van der Waals surface area contributed by atoms with Crippen LogP contribution in [0.1, 0.15) is 42.0 Å². The van der Waals surface area contributed by atoms with Crippen molar-refractivity contribution in [2.24, 2.45) is 0 Å². The maximum atomic E-state index is 5.35. The van der Waals surface area contributed by atoms with Gasteiger partial charge >= 0.3 is 0 Å². The Morgan fingerprint density at radius 3 is 2.62 bits per heavy atom. The van der Waals surface area contributed by atoms with Gasteiger partial charge < -0.3 is 10.1 Å².